The van der Waals surface area contributed by atoms with Crippen molar-refractivity contribution in [2.24, 2.45) is 0 Å². The number of benzene rings is 1. The molecule has 3 nitrogen and oxygen atoms in total. The number of nitrogens with zero attached hydrogens (tertiary/aromatic N) is 1. The molecule has 0 heterocycles. The molecular formula is C11H14F3NO2. The minimum atomic E-state index is -4.31. The first-order valence-corrected chi connectivity index (χ1v) is 5.08. The molecule has 0 aliphatic rings. The highest BCUT2D eigenvalue weighted by Crippen LogP contribution is 2.22. The molecule has 0 atom stereocenters. The fourth-order valence-electron chi connectivity index (χ4n) is 1.45. The predicted molar refractivity (Wildman–Crippen MR) is 57.7 cm³/mol. The molecule has 0 spiro atoms. The molecule has 17 heavy (non-hydrogen) atoms. The van der Waals surface area contributed by atoms with Crippen LogP contribution in [0.3, 0.4) is 0 Å². The van der Waals surface area contributed by atoms with Crippen LogP contribution in [0.4, 0.5) is 18.9 Å². The predicted octanol–water partition coefficient (Wildman–Crippen LogP) is 1.54. The largest absolute Gasteiger partial charge is 0.405 e. The van der Waals surface area contributed by atoms with Crippen LogP contribution in [-0.4, -0.2) is 36.1 Å². The molecule has 0 fully saturated rings. The van der Waals surface area contributed by atoms with E-state index in [-0.39, 0.29) is 19.8 Å². The monoisotopic (exact) mass is 249 g/mol. The van der Waals surface area contributed by atoms with Crippen LogP contribution in [0.25, 0.3) is 0 Å². The van der Waals surface area contributed by atoms with Gasteiger partial charge in [-0.25, -0.2) is 0 Å². The summed E-state index contributed by atoms with van der Waals surface area (Å²) >= 11 is 0. The summed E-state index contributed by atoms with van der Waals surface area (Å²) in [6.07, 6.45) is -4.31. The first-order chi connectivity index (χ1) is 7.96. The fraction of sp³-hybridized carbons (Fsp3) is 0.455. The van der Waals surface area contributed by atoms with Gasteiger partial charge in [-0.05, 0) is 17.7 Å². The van der Waals surface area contributed by atoms with Gasteiger partial charge in [-0.3, -0.25) is 0 Å². The van der Waals surface area contributed by atoms with E-state index in [0.29, 0.717) is 11.3 Å². The average Bonchev–Trinajstić information content (AvgIpc) is 2.27. The molecule has 6 heteroatoms. The molecule has 0 amide bonds. The van der Waals surface area contributed by atoms with E-state index in [2.05, 4.69) is 0 Å². The van der Waals surface area contributed by atoms with Crippen molar-refractivity contribution < 1.29 is 23.4 Å². The van der Waals surface area contributed by atoms with Crippen LogP contribution in [0, 0.1) is 0 Å². The van der Waals surface area contributed by atoms with Crippen molar-refractivity contribution >= 4 is 5.69 Å². The third-order valence-electron chi connectivity index (χ3n) is 2.22. The summed E-state index contributed by atoms with van der Waals surface area (Å²) in [5.74, 6) is 0. The second-order valence-electron chi connectivity index (χ2n) is 3.58. The van der Waals surface area contributed by atoms with Gasteiger partial charge in [0.15, 0.2) is 0 Å². The Morgan fingerprint density at radius 2 is 1.65 bits per heavy atom. The van der Waals surface area contributed by atoms with Crippen molar-refractivity contribution in [1.29, 1.82) is 0 Å². The van der Waals surface area contributed by atoms with E-state index in [1.54, 1.807) is 12.1 Å². The number of alkyl halides is 3. The first-order valence-electron chi connectivity index (χ1n) is 5.08. The van der Waals surface area contributed by atoms with Crippen LogP contribution in [0.2, 0.25) is 0 Å². The van der Waals surface area contributed by atoms with Gasteiger partial charge < -0.3 is 15.1 Å². The third-order valence-corrected chi connectivity index (χ3v) is 2.22. The first kappa shape index (κ1) is 13.8. The summed E-state index contributed by atoms with van der Waals surface area (Å²) in [7, 11) is 0. The molecule has 1 rings (SSSR count). The van der Waals surface area contributed by atoms with Crippen molar-refractivity contribution in [3.8, 4) is 0 Å². The van der Waals surface area contributed by atoms with E-state index in [1.807, 2.05) is 0 Å². The molecule has 0 aliphatic heterocycles. The van der Waals surface area contributed by atoms with Gasteiger partial charge in [0.2, 0.25) is 0 Å². The minimum Gasteiger partial charge on any atom is -0.395 e. The summed E-state index contributed by atoms with van der Waals surface area (Å²) in [5, 5.41) is 17.6. The van der Waals surface area contributed by atoms with Gasteiger partial charge >= 0.3 is 6.18 Å². The van der Waals surface area contributed by atoms with Gasteiger partial charge in [0, 0.05) is 12.2 Å². The van der Waals surface area contributed by atoms with Crippen molar-refractivity contribution in [1.82, 2.24) is 0 Å². The molecule has 1 aromatic carbocycles. The molecule has 0 aliphatic carbocycles. The van der Waals surface area contributed by atoms with Gasteiger partial charge in [0.1, 0.15) is 6.54 Å². The van der Waals surface area contributed by atoms with Crippen LogP contribution in [-0.2, 0) is 6.61 Å². The van der Waals surface area contributed by atoms with E-state index in [0.717, 1.165) is 4.90 Å². The normalized spacial score (nSPS) is 11.6. The van der Waals surface area contributed by atoms with Crippen LogP contribution >= 0.6 is 0 Å². The SMILES string of the molecule is OCCN(CC(F)(F)F)c1ccc(CO)cc1. The summed E-state index contributed by atoms with van der Waals surface area (Å²) in [4.78, 5) is 1.04. The number of hydrogen-bond acceptors (Lipinski definition) is 3. The minimum absolute atomic E-state index is 0.0853. The van der Waals surface area contributed by atoms with Gasteiger partial charge in [-0.2, -0.15) is 13.2 Å². The zero-order chi connectivity index (χ0) is 12.9. The van der Waals surface area contributed by atoms with Gasteiger partial charge in [0.05, 0.1) is 13.2 Å². The maximum atomic E-state index is 12.3. The molecule has 0 saturated heterocycles. The molecule has 0 radical (unpaired) electrons. The average molecular weight is 249 g/mol. The Labute approximate surface area is 97.1 Å². The Hall–Kier alpha value is -1.27. The van der Waals surface area contributed by atoms with Crippen molar-refractivity contribution in [3.63, 3.8) is 0 Å². The lowest BCUT2D eigenvalue weighted by molar-refractivity contribution is -0.119. The zero-order valence-electron chi connectivity index (χ0n) is 9.11. The number of rotatable bonds is 5. The van der Waals surface area contributed by atoms with Gasteiger partial charge in [-0.15, -0.1) is 0 Å². The maximum absolute atomic E-state index is 12.3. The lowest BCUT2D eigenvalue weighted by Gasteiger charge is -2.25. The lowest BCUT2D eigenvalue weighted by Crippen LogP contribution is -2.36. The Bertz CT molecular complexity index is 338. The number of anilines is 1. The van der Waals surface area contributed by atoms with Crippen LogP contribution in [0.15, 0.2) is 24.3 Å². The highest BCUT2D eigenvalue weighted by atomic mass is 19.4. The smallest absolute Gasteiger partial charge is 0.395 e. The highest BCUT2D eigenvalue weighted by molar-refractivity contribution is 5.47. The van der Waals surface area contributed by atoms with E-state index >= 15 is 0 Å². The van der Waals surface area contributed by atoms with Crippen molar-refractivity contribution in [3.05, 3.63) is 29.8 Å². The van der Waals surface area contributed by atoms with E-state index in [1.165, 1.54) is 12.1 Å². The molecule has 0 bridgehead atoms. The topological polar surface area (TPSA) is 43.7 Å². The van der Waals surface area contributed by atoms with Crippen LogP contribution < -0.4 is 4.90 Å². The van der Waals surface area contributed by atoms with E-state index in [4.69, 9.17) is 10.2 Å². The van der Waals surface area contributed by atoms with E-state index < -0.39 is 12.7 Å². The maximum Gasteiger partial charge on any atom is 0.405 e. The summed E-state index contributed by atoms with van der Waals surface area (Å²) in [6, 6.07) is 6.09. The summed E-state index contributed by atoms with van der Waals surface area (Å²) in [6.45, 7) is -1.69. The Morgan fingerprint density at radius 3 is 2.06 bits per heavy atom. The standard InChI is InChI=1S/C11H14F3NO2/c12-11(13,14)8-15(5-6-16)10-3-1-9(7-17)2-4-10/h1-4,16-17H,5-8H2. The fourth-order valence-corrected chi connectivity index (χ4v) is 1.45. The lowest BCUT2D eigenvalue weighted by atomic mass is 10.2. The molecule has 0 unspecified atom stereocenters. The Balaban J connectivity index is 2.81. The molecular weight excluding hydrogens is 235 g/mol. The van der Waals surface area contributed by atoms with Crippen LogP contribution in [0.1, 0.15) is 5.56 Å². The van der Waals surface area contributed by atoms with Crippen LogP contribution in [0.5, 0.6) is 0 Å². The highest BCUT2D eigenvalue weighted by Gasteiger charge is 2.30. The molecule has 1 aromatic rings. The van der Waals surface area contributed by atoms with E-state index in [9.17, 15) is 13.2 Å². The number of aliphatic hydroxyl groups is 2. The second kappa shape index (κ2) is 5.88. The summed E-state index contributed by atoms with van der Waals surface area (Å²) in [5.41, 5.74) is 0.998. The molecule has 0 saturated carbocycles. The zero-order valence-corrected chi connectivity index (χ0v) is 9.11. The van der Waals surface area contributed by atoms with Crippen molar-refractivity contribution in [2.45, 2.75) is 12.8 Å². The Kier molecular flexibility index (Phi) is 4.77. The van der Waals surface area contributed by atoms with Gasteiger partial charge in [-0.1, -0.05) is 12.1 Å². The summed E-state index contributed by atoms with van der Waals surface area (Å²) < 4.78 is 36.9. The Morgan fingerprint density at radius 1 is 1.06 bits per heavy atom. The number of aliphatic hydroxyl groups excluding tert-OH is 2. The number of hydrogen-bond donors (Lipinski definition) is 2. The van der Waals surface area contributed by atoms with Crippen molar-refractivity contribution in [2.75, 3.05) is 24.6 Å². The molecule has 96 valence electrons. The van der Waals surface area contributed by atoms with Gasteiger partial charge in [0.25, 0.3) is 0 Å². The number of halogens is 3. The second-order valence-corrected chi connectivity index (χ2v) is 3.58. The third kappa shape index (κ3) is 4.62. The molecule has 2 N–H and O–H groups in total. The molecule has 0 aromatic heterocycles. The quantitative estimate of drug-likeness (QED) is 0.832.